The zero-order chi connectivity index (χ0) is 16.8. The lowest BCUT2D eigenvalue weighted by Gasteiger charge is -2.28. The molecule has 0 bridgehead atoms. The number of hydrogen-bond donors (Lipinski definition) is 1. The van der Waals surface area contributed by atoms with Gasteiger partial charge in [-0.05, 0) is 16.6 Å². The van der Waals surface area contributed by atoms with Gasteiger partial charge >= 0.3 is 11.9 Å². The molecule has 0 fully saturated rings. The summed E-state index contributed by atoms with van der Waals surface area (Å²) >= 11 is 0. The fraction of sp³-hybridized carbons (Fsp3) is 0.778. The highest BCUT2D eigenvalue weighted by Crippen LogP contribution is 2.21. The van der Waals surface area contributed by atoms with Crippen LogP contribution in [0.4, 0.5) is 0 Å². The van der Waals surface area contributed by atoms with Crippen LogP contribution in [0.1, 0.15) is 12.8 Å². The van der Waals surface area contributed by atoms with E-state index in [2.05, 4.69) is 30.1 Å². The summed E-state index contributed by atoms with van der Waals surface area (Å²) in [5, 5.41) is 18.5. The summed E-state index contributed by atoms with van der Waals surface area (Å²) in [4.78, 5) is 29.5. The molecule has 0 radical (unpaired) electrons. The van der Waals surface area contributed by atoms with Crippen LogP contribution in [0.15, 0.2) is 15.3 Å². The fourth-order valence-electron chi connectivity index (χ4n) is 1.35. The second-order valence-corrected chi connectivity index (χ2v) is 4.22. The molecule has 0 spiro atoms. The largest absolute Gasteiger partial charge is 0.481 e. The monoisotopic (exact) mass is 311 g/mol. The zero-order valence-corrected chi connectivity index (χ0v) is 11.4. The lowest BCUT2D eigenvalue weighted by molar-refractivity contribution is -0.150. The molecule has 0 aromatic carbocycles. The molecule has 0 aromatic rings. The third kappa shape index (κ3) is 8.12. The molecule has 0 unspecified atom stereocenters. The number of nitrogens with zero attached hydrogens (tertiary/aromatic N) is 9. The van der Waals surface area contributed by atoms with Crippen molar-refractivity contribution < 1.29 is 19.4 Å². The summed E-state index contributed by atoms with van der Waals surface area (Å²) in [6.07, 6.45) is -0.731. The molecule has 0 rings (SSSR count). The fourth-order valence-corrected chi connectivity index (χ4v) is 1.35. The summed E-state index contributed by atoms with van der Waals surface area (Å²) < 4.78 is 4.90. The SMILES string of the molecule is [N-]=[N+]=NCC(CN=[N+]=[N-])(CN=[N+]=[N-])COC(=O)CCC(=O)O. The molecule has 118 valence electrons. The van der Waals surface area contributed by atoms with E-state index in [9.17, 15) is 9.59 Å². The molecular formula is C9H13N9O4. The summed E-state index contributed by atoms with van der Waals surface area (Å²) in [6, 6.07) is 0. The number of carboxylic acid groups (broad SMARTS) is 1. The number of carbonyl (C=O) groups excluding carboxylic acids is 1. The Hall–Kier alpha value is -3.13. The molecule has 0 saturated carbocycles. The smallest absolute Gasteiger partial charge is 0.306 e. The summed E-state index contributed by atoms with van der Waals surface area (Å²) in [6.45, 7) is -1.03. The second-order valence-electron chi connectivity index (χ2n) is 4.22. The molecule has 0 aromatic heterocycles. The van der Waals surface area contributed by atoms with Crippen LogP contribution < -0.4 is 0 Å². The summed E-state index contributed by atoms with van der Waals surface area (Å²) in [5.74, 6) is -1.94. The molecular weight excluding hydrogens is 298 g/mol. The third-order valence-corrected chi connectivity index (χ3v) is 2.49. The Morgan fingerprint density at radius 1 is 0.955 bits per heavy atom. The van der Waals surface area contributed by atoms with Gasteiger partial charge in [-0.15, -0.1) is 0 Å². The van der Waals surface area contributed by atoms with Crippen LogP contribution in [-0.2, 0) is 14.3 Å². The van der Waals surface area contributed by atoms with Crippen molar-refractivity contribution in [3.8, 4) is 0 Å². The van der Waals surface area contributed by atoms with E-state index in [4.69, 9.17) is 26.4 Å². The second kappa shape index (κ2) is 10.6. The van der Waals surface area contributed by atoms with Crippen LogP contribution in [0.5, 0.6) is 0 Å². The summed E-state index contributed by atoms with van der Waals surface area (Å²) in [5.41, 5.74) is 24.0. The first-order valence-corrected chi connectivity index (χ1v) is 5.89. The van der Waals surface area contributed by atoms with Crippen LogP contribution in [0.25, 0.3) is 31.3 Å². The lowest BCUT2D eigenvalue weighted by atomic mass is 9.89. The molecule has 0 atom stereocenters. The molecule has 0 amide bonds. The maximum absolute atomic E-state index is 11.4. The van der Waals surface area contributed by atoms with Gasteiger partial charge in [-0.1, -0.05) is 15.3 Å². The Morgan fingerprint density at radius 2 is 1.41 bits per heavy atom. The highest BCUT2D eigenvalue weighted by atomic mass is 16.5. The van der Waals surface area contributed by atoms with Crippen molar-refractivity contribution in [2.24, 2.45) is 20.8 Å². The van der Waals surface area contributed by atoms with Crippen LogP contribution in [0.2, 0.25) is 0 Å². The van der Waals surface area contributed by atoms with Gasteiger partial charge in [0.1, 0.15) is 0 Å². The average molecular weight is 311 g/mol. The Morgan fingerprint density at radius 3 is 1.77 bits per heavy atom. The Bertz CT molecular complexity index is 493. The molecule has 13 heteroatoms. The van der Waals surface area contributed by atoms with E-state index < -0.39 is 23.8 Å². The quantitative estimate of drug-likeness (QED) is 0.263. The van der Waals surface area contributed by atoms with E-state index in [1.807, 2.05) is 0 Å². The van der Waals surface area contributed by atoms with Crippen LogP contribution >= 0.6 is 0 Å². The topological polar surface area (TPSA) is 210 Å². The Balaban J connectivity index is 4.96. The minimum atomic E-state index is -1.18. The molecule has 0 aliphatic heterocycles. The van der Waals surface area contributed by atoms with Gasteiger partial charge in [-0.3, -0.25) is 9.59 Å². The van der Waals surface area contributed by atoms with Gasteiger partial charge in [0, 0.05) is 39.8 Å². The van der Waals surface area contributed by atoms with E-state index >= 15 is 0 Å². The van der Waals surface area contributed by atoms with Crippen LogP contribution in [-0.4, -0.2) is 43.3 Å². The van der Waals surface area contributed by atoms with E-state index in [1.54, 1.807) is 0 Å². The molecule has 0 heterocycles. The van der Waals surface area contributed by atoms with Gasteiger partial charge in [0.2, 0.25) is 0 Å². The van der Waals surface area contributed by atoms with Crippen molar-refractivity contribution in [1.82, 2.24) is 0 Å². The minimum absolute atomic E-state index is 0.228. The van der Waals surface area contributed by atoms with Gasteiger partial charge < -0.3 is 9.84 Å². The standard InChI is InChI=1S/C9H13N9O4/c10-16-13-3-9(4-14-17-11,5-15-18-12)6-22-8(21)2-1-7(19)20/h1-6H2,(H,19,20). The highest BCUT2D eigenvalue weighted by Gasteiger charge is 2.30. The van der Waals surface area contributed by atoms with Crippen molar-refractivity contribution in [2.45, 2.75) is 12.8 Å². The van der Waals surface area contributed by atoms with E-state index in [0.717, 1.165) is 0 Å². The Kier molecular flexibility index (Phi) is 9.12. The maximum atomic E-state index is 11.4. The lowest BCUT2D eigenvalue weighted by Crippen LogP contribution is -2.37. The highest BCUT2D eigenvalue weighted by molar-refractivity contribution is 5.76. The van der Waals surface area contributed by atoms with Crippen molar-refractivity contribution in [3.63, 3.8) is 0 Å². The molecule has 0 aliphatic carbocycles. The van der Waals surface area contributed by atoms with E-state index in [-0.39, 0.29) is 32.7 Å². The van der Waals surface area contributed by atoms with E-state index in [0.29, 0.717) is 0 Å². The molecule has 22 heavy (non-hydrogen) atoms. The van der Waals surface area contributed by atoms with Gasteiger partial charge in [-0.25, -0.2) is 0 Å². The number of aliphatic carboxylic acids is 1. The third-order valence-electron chi connectivity index (χ3n) is 2.49. The normalized spacial score (nSPS) is 11.8. The number of carboxylic acids is 1. The molecule has 13 nitrogen and oxygen atoms in total. The molecule has 1 N–H and O–H groups in total. The Labute approximate surface area is 123 Å². The first-order chi connectivity index (χ1) is 10.5. The van der Waals surface area contributed by atoms with Gasteiger partial charge in [0.05, 0.1) is 19.4 Å². The number of carbonyl (C=O) groups is 2. The first kappa shape index (κ1) is 18.9. The number of azide groups is 3. The van der Waals surface area contributed by atoms with Crippen molar-refractivity contribution in [3.05, 3.63) is 31.3 Å². The van der Waals surface area contributed by atoms with E-state index in [1.165, 1.54) is 0 Å². The summed E-state index contributed by atoms with van der Waals surface area (Å²) in [7, 11) is 0. The minimum Gasteiger partial charge on any atom is -0.481 e. The van der Waals surface area contributed by atoms with Crippen LogP contribution in [0, 0.1) is 5.41 Å². The number of ether oxygens (including phenoxy) is 1. The van der Waals surface area contributed by atoms with Crippen molar-refractivity contribution >= 4 is 11.9 Å². The predicted molar refractivity (Wildman–Crippen MR) is 72.3 cm³/mol. The predicted octanol–water partition coefficient (Wildman–Crippen LogP) is 2.31. The maximum Gasteiger partial charge on any atom is 0.306 e. The first-order valence-electron chi connectivity index (χ1n) is 5.89. The zero-order valence-electron chi connectivity index (χ0n) is 11.4. The number of esters is 1. The van der Waals surface area contributed by atoms with Gasteiger partial charge in [0.25, 0.3) is 0 Å². The number of hydrogen-bond acceptors (Lipinski definition) is 6. The van der Waals surface area contributed by atoms with Crippen molar-refractivity contribution in [1.29, 1.82) is 0 Å². The molecule has 0 aliphatic rings. The average Bonchev–Trinajstić information content (AvgIpc) is 2.51. The van der Waals surface area contributed by atoms with Crippen molar-refractivity contribution in [2.75, 3.05) is 26.2 Å². The van der Waals surface area contributed by atoms with Crippen LogP contribution in [0.3, 0.4) is 0 Å². The molecule has 0 saturated heterocycles. The van der Waals surface area contributed by atoms with Gasteiger partial charge in [-0.2, -0.15) is 0 Å². The number of rotatable bonds is 11. The van der Waals surface area contributed by atoms with Gasteiger partial charge in [0.15, 0.2) is 0 Å².